The Morgan fingerprint density at radius 2 is 1.85 bits per heavy atom. The molecule has 3 unspecified atom stereocenters. The van der Waals surface area contributed by atoms with Crippen molar-refractivity contribution < 1.29 is 9.90 Å². The van der Waals surface area contributed by atoms with Crippen molar-refractivity contribution in [2.45, 2.75) is 59.2 Å². The van der Waals surface area contributed by atoms with E-state index in [-0.39, 0.29) is 29.3 Å². The molecule has 0 spiro atoms. The van der Waals surface area contributed by atoms with Crippen molar-refractivity contribution in [3.05, 3.63) is 144 Å². The molecule has 0 heterocycles. The van der Waals surface area contributed by atoms with E-state index in [0.29, 0.717) is 30.4 Å². The summed E-state index contributed by atoms with van der Waals surface area (Å²) in [6.45, 7) is 26.8. The molecular formula is C38H50N6O2. The van der Waals surface area contributed by atoms with E-state index < -0.39 is 0 Å². The Morgan fingerprint density at radius 3 is 2.43 bits per heavy atom. The van der Waals surface area contributed by atoms with E-state index in [1.54, 1.807) is 31.1 Å². The van der Waals surface area contributed by atoms with Crippen molar-refractivity contribution >= 4 is 11.6 Å². The number of amides is 1. The zero-order valence-corrected chi connectivity index (χ0v) is 27.8. The van der Waals surface area contributed by atoms with E-state index in [0.717, 1.165) is 47.4 Å². The molecule has 1 aromatic rings. The number of likely N-dealkylation sites (N-methyl/N-ethyl adjacent to an activating group) is 1. The van der Waals surface area contributed by atoms with E-state index in [2.05, 4.69) is 67.7 Å². The molecule has 1 amide bonds. The first-order valence-electron chi connectivity index (χ1n) is 15.6. The first kappa shape index (κ1) is 35.5. The highest BCUT2D eigenvalue weighted by Crippen LogP contribution is 2.39. The summed E-state index contributed by atoms with van der Waals surface area (Å²) in [7, 11) is 1.78. The molecule has 8 heteroatoms. The average molecular weight is 623 g/mol. The molecule has 1 saturated carbocycles. The van der Waals surface area contributed by atoms with Gasteiger partial charge in [-0.2, -0.15) is 0 Å². The van der Waals surface area contributed by atoms with E-state index >= 15 is 0 Å². The second-order valence-corrected chi connectivity index (χ2v) is 11.9. The minimum atomic E-state index is -0.372. The third-order valence-corrected chi connectivity index (χ3v) is 8.69. The van der Waals surface area contributed by atoms with E-state index in [4.69, 9.17) is 5.73 Å². The molecule has 2 aliphatic rings. The molecular weight excluding hydrogens is 572 g/mol. The van der Waals surface area contributed by atoms with Crippen LogP contribution in [0.25, 0.3) is 0 Å². The van der Waals surface area contributed by atoms with Gasteiger partial charge in [0.2, 0.25) is 0 Å². The van der Waals surface area contributed by atoms with E-state index in [1.807, 2.05) is 36.4 Å². The number of aliphatic imine (C=N–C) groups is 1. The SMILES string of the molecule is C=CN=C(/C=C(/C(=C)NC1CCC(/C(C)=C(\C)C=C)C1C=C)N(C)/C=C(\C)O)C(=O)NCc1cccc(CNC2=C(N)C(=C)C2)c1. The fourth-order valence-corrected chi connectivity index (χ4v) is 5.92. The monoisotopic (exact) mass is 622 g/mol. The van der Waals surface area contributed by atoms with Crippen LogP contribution in [0.3, 0.4) is 0 Å². The van der Waals surface area contributed by atoms with Crippen LogP contribution in [-0.2, 0) is 17.9 Å². The minimum absolute atomic E-state index is 0.0878. The topological polar surface area (TPSA) is 115 Å². The van der Waals surface area contributed by atoms with Gasteiger partial charge in [-0.1, -0.05) is 73.9 Å². The number of aliphatic hydroxyl groups is 1. The zero-order chi connectivity index (χ0) is 34.0. The fraction of sp³-hybridized carbons (Fsp3) is 0.316. The van der Waals surface area contributed by atoms with E-state index in [9.17, 15) is 9.90 Å². The third-order valence-electron chi connectivity index (χ3n) is 8.69. The number of allylic oxidation sites excluding steroid dienone is 6. The van der Waals surface area contributed by atoms with Crippen LogP contribution in [0.5, 0.6) is 0 Å². The number of aliphatic hydroxyl groups excluding tert-OH is 1. The van der Waals surface area contributed by atoms with Gasteiger partial charge >= 0.3 is 0 Å². The lowest BCUT2D eigenvalue weighted by molar-refractivity contribution is -0.114. The van der Waals surface area contributed by atoms with Crippen molar-refractivity contribution in [1.82, 2.24) is 20.9 Å². The van der Waals surface area contributed by atoms with Gasteiger partial charge in [0.1, 0.15) is 11.5 Å². The Hall–Kier alpha value is -4.98. The van der Waals surface area contributed by atoms with E-state index in [1.165, 1.54) is 17.3 Å². The Kier molecular flexibility index (Phi) is 12.6. The van der Waals surface area contributed by atoms with Gasteiger partial charge in [-0.25, -0.2) is 0 Å². The maximum absolute atomic E-state index is 13.4. The smallest absolute Gasteiger partial charge is 0.270 e. The molecule has 1 aromatic carbocycles. The number of nitrogens with zero attached hydrogens (tertiary/aromatic N) is 2. The van der Waals surface area contributed by atoms with Gasteiger partial charge in [0, 0.05) is 56.6 Å². The number of carbonyl (C=O) groups excluding carboxylic acids is 1. The van der Waals surface area contributed by atoms with Crippen LogP contribution in [0.15, 0.2) is 138 Å². The summed E-state index contributed by atoms with van der Waals surface area (Å²) in [6.07, 6.45) is 11.2. The summed E-state index contributed by atoms with van der Waals surface area (Å²) in [4.78, 5) is 19.4. The highest BCUT2D eigenvalue weighted by atomic mass is 16.3. The van der Waals surface area contributed by atoms with Gasteiger partial charge in [0.05, 0.1) is 17.1 Å². The third kappa shape index (κ3) is 9.03. The van der Waals surface area contributed by atoms with Crippen LogP contribution in [-0.4, -0.2) is 34.7 Å². The zero-order valence-electron chi connectivity index (χ0n) is 27.8. The molecule has 8 nitrogen and oxygen atoms in total. The predicted molar refractivity (Wildman–Crippen MR) is 191 cm³/mol. The van der Waals surface area contributed by atoms with Gasteiger partial charge in [-0.15, -0.1) is 6.58 Å². The Morgan fingerprint density at radius 1 is 1.15 bits per heavy atom. The van der Waals surface area contributed by atoms with Crippen molar-refractivity contribution in [1.29, 1.82) is 0 Å². The van der Waals surface area contributed by atoms with Crippen molar-refractivity contribution in [3.8, 4) is 0 Å². The Balaban J connectivity index is 1.78. The van der Waals surface area contributed by atoms with Gasteiger partial charge < -0.3 is 31.7 Å². The first-order valence-corrected chi connectivity index (χ1v) is 15.6. The summed E-state index contributed by atoms with van der Waals surface area (Å²) in [5.74, 6) is 0.264. The molecule has 3 atom stereocenters. The summed E-state index contributed by atoms with van der Waals surface area (Å²) in [6, 6.07) is 8.07. The normalized spacial score (nSPS) is 20.7. The second kappa shape index (κ2) is 16.4. The summed E-state index contributed by atoms with van der Waals surface area (Å²) in [5.41, 5.74) is 14.5. The summed E-state index contributed by atoms with van der Waals surface area (Å²) in [5, 5.41) is 20.0. The lowest BCUT2D eigenvalue weighted by Crippen LogP contribution is -2.36. The van der Waals surface area contributed by atoms with Crippen molar-refractivity contribution in [2.75, 3.05) is 7.05 Å². The summed E-state index contributed by atoms with van der Waals surface area (Å²) >= 11 is 0. The molecule has 0 radical (unpaired) electrons. The first-order chi connectivity index (χ1) is 21.9. The van der Waals surface area contributed by atoms with Gasteiger partial charge in [-0.3, -0.25) is 9.79 Å². The second-order valence-electron chi connectivity index (χ2n) is 11.9. The number of nitrogens with one attached hydrogen (secondary N) is 3. The van der Waals surface area contributed by atoms with Crippen LogP contribution >= 0.6 is 0 Å². The molecule has 6 N–H and O–H groups in total. The standard InChI is InChI=1S/C38H50N6O2/c1-10-24(4)27(7)32-16-17-33(31(32)11-2)43-28(8)36(44(9)23-26(6)45)20-35(40-12-3)38(46)42-22-30-15-13-14-29(19-30)21-41-34-18-25(5)37(34)39/h10-15,19-20,23,31-33,41,43,45H,1-3,5,8,16-18,21-22,39H2,4,6-7,9H3,(H,42,46)/b26-23+,27-24+,36-20-,40-35?. The molecule has 0 saturated heterocycles. The average Bonchev–Trinajstić information content (AvgIpc) is 3.44. The predicted octanol–water partition coefficient (Wildman–Crippen LogP) is 6.55. The van der Waals surface area contributed by atoms with Crippen LogP contribution in [0.1, 0.15) is 51.2 Å². The lowest BCUT2D eigenvalue weighted by Gasteiger charge is -2.28. The molecule has 0 aromatic heterocycles. The summed E-state index contributed by atoms with van der Waals surface area (Å²) < 4.78 is 0. The molecule has 0 bridgehead atoms. The van der Waals surface area contributed by atoms with Gasteiger partial charge in [0.15, 0.2) is 0 Å². The molecule has 46 heavy (non-hydrogen) atoms. The Labute approximate surface area is 274 Å². The number of hydrogen-bond donors (Lipinski definition) is 5. The molecule has 244 valence electrons. The quantitative estimate of drug-likeness (QED) is 0.0619. The highest BCUT2D eigenvalue weighted by Gasteiger charge is 2.36. The highest BCUT2D eigenvalue weighted by molar-refractivity contribution is 6.43. The van der Waals surface area contributed by atoms with Crippen molar-refractivity contribution in [3.63, 3.8) is 0 Å². The van der Waals surface area contributed by atoms with Gasteiger partial charge in [0.25, 0.3) is 5.91 Å². The minimum Gasteiger partial charge on any atom is -0.511 e. The molecule has 2 aliphatic carbocycles. The fourth-order valence-electron chi connectivity index (χ4n) is 5.92. The van der Waals surface area contributed by atoms with Crippen molar-refractivity contribution in [2.24, 2.45) is 22.6 Å². The Bertz CT molecular complexity index is 1540. The van der Waals surface area contributed by atoms with Crippen LogP contribution < -0.4 is 21.7 Å². The number of carbonyl (C=O) groups is 1. The maximum atomic E-state index is 13.4. The number of nitrogens with two attached hydrogens (primary N) is 1. The van der Waals surface area contributed by atoms with Crippen LogP contribution in [0, 0.1) is 11.8 Å². The van der Waals surface area contributed by atoms with Gasteiger partial charge in [-0.05, 0) is 62.3 Å². The largest absolute Gasteiger partial charge is 0.511 e. The number of benzene rings is 1. The molecule has 3 rings (SSSR count). The molecule has 1 fully saturated rings. The maximum Gasteiger partial charge on any atom is 0.270 e. The number of hydrogen-bond acceptors (Lipinski definition) is 7. The van der Waals surface area contributed by atoms with Crippen LogP contribution in [0.2, 0.25) is 0 Å². The van der Waals surface area contributed by atoms with Crippen LogP contribution in [0.4, 0.5) is 0 Å². The molecule has 0 aliphatic heterocycles. The lowest BCUT2D eigenvalue weighted by atomic mass is 9.85. The number of rotatable bonds is 16.